The summed E-state index contributed by atoms with van der Waals surface area (Å²) < 4.78 is 39.8. The van der Waals surface area contributed by atoms with E-state index in [-0.39, 0.29) is 16.4 Å². The highest BCUT2D eigenvalue weighted by Crippen LogP contribution is 2.33. The molecule has 9 nitrogen and oxygen atoms in total. The Morgan fingerprint density at radius 1 is 1.16 bits per heavy atom. The maximum atomic E-state index is 14.0. The number of aromatic nitrogens is 4. The first kappa shape index (κ1) is 20.5. The Morgan fingerprint density at radius 2 is 1.94 bits per heavy atom. The number of nitrogens with zero attached hydrogens (tertiary/aromatic N) is 4. The van der Waals surface area contributed by atoms with Crippen molar-refractivity contribution in [3.05, 3.63) is 60.4 Å². The maximum absolute atomic E-state index is 14.0. The van der Waals surface area contributed by atoms with E-state index in [0.29, 0.717) is 28.4 Å². The SMILES string of the molecule is C[C@H](Nc1ncnc(N)c1N)c1nc2ccc(F)cn2c1-c1cccc(S(C)(=O)=O)c1. The van der Waals surface area contributed by atoms with Gasteiger partial charge < -0.3 is 16.8 Å². The Labute approximate surface area is 177 Å². The highest BCUT2D eigenvalue weighted by molar-refractivity contribution is 7.90. The van der Waals surface area contributed by atoms with Gasteiger partial charge in [0.05, 0.1) is 22.3 Å². The van der Waals surface area contributed by atoms with Gasteiger partial charge in [-0.1, -0.05) is 12.1 Å². The smallest absolute Gasteiger partial charge is 0.175 e. The third kappa shape index (κ3) is 3.87. The van der Waals surface area contributed by atoms with Crippen molar-refractivity contribution in [2.45, 2.75) is 17.9 Å². The molecule has 0 fully saturated rings. The van der Waals surface area contributed by atoms with Crippen LogP contribution in [0.1, 0.15) is 18.7 Å². The van der Waals surface area contributed by atoms with Crippen molar-refractivity contribution in [3.63, 3.8) is 0 Å². The fraction of sp³-hybridized carbons (Fsp3) is 0.150. The van der Waals surface area contributed by atoms with E-state index in [2.05, 4.69) is 20.3 Å². The molecule has 5 N–H and O–H groups in total. The van der Waals surface area contributed by atoms with Gasteiger partial charge in [-0.05, 0) is 31.2 Å². The van der Waals surface area contributed by atoms with Gasteiger partial charge in [-0.2, -0.15) is 0 Å². The Morgan fingerprint density at radius 3 is 2.68 bits per heavy atom. The molecular weight excluding hydrogens is 421 g/mol. The lowest BCUT2D eigenvalue weighted by Crippen LogP contribution is -2.13. The van der Waals surface area contributed by atoms with Crippen molar-refractivity contribution in [2.24, 2.45) is 0 Å². The molecule has 0 aliphatic rings. The number of hydrogen-bond donors (Lipinski definition) is 3. The molecule has 31 heavy (non-hydrogen) atoms. The summed E-state index contributed by atoms with van der Waals surface area (Å²) in [6.45, 7) is 1.83. The zero-order valence-corrected chi connectivity index (χ0v) is 17.6. The second kappa shape index (κ2) is 7.51. The number of nitrogens with two attached hydrogens (primary N) is 2. The van der Waals surface area contributed by atoms with E-state index in [9.17, 15) is 12.8 Å². The van der Waals surface area contributed by atoms with Crippen molar-refractivity contribution in [1.29, 1.82) is 0 Å². The number of fused-ring (bicyclic) bond motifs is 1. The summed E-state index contributed by atoms with van der Waals surface area (Å²) in [5, 5.41) is 3.15. The average molecular weight is 441 g/mol. The Kier molecular flexibility index (Phi) is 4.97. The predicted octanol–water partition coefficient (Wildman–Crippen LogP) is 2.67. The number of imidazole rings is 1. The fourth-order valence-corrected chi connectivity index (χ4v) is 3.96. The van der Waals surface area contributed by atoms with Crippen molar-refractivity contribution in [1.82, 2.24) is 19.4 Å². The molecule has 3 heterocycles. The largest absolute Gasteiger partial charge is 0.393 e. The third-order valence-electron chi connectivity index (χ3n) is 4.82. The predicted molar refractivity (Wildman–Crippen MR) is 117 cm³/mol. The number of pyridine rings is 1. The summed E-state index contributed by atoms with van der Waals surface area (Å²) in [6.07, 6.45) is 3.72. The fourth-order valence-electron chi connectivity index (χ4n) is 3.30. The van der Waals surface area contributed by atoms with Gasteiger partial charge in [-0.25, -0.2) is 27.8 Å². The van der Waals surface area contributed by atoms with Crippen LogP contribution in [0.4, 0.5) is 21.7 Å². The molecule has 0 saturated heterocycles. The van der Waals surface area contributed by atoms with Gasteiger partial charge in [0, 0.05) is 18.0 Å². The molecule has 0 saturated carbocycles. The van der Waals surface area contributed by atoms with E-state index in [1.807, 2.05) is 6.92 Å². The van der Waals surface area contributed by atoms with Crippen molar-refractivity contribution >= 4 is 32.8 Å². The average Bonchev–Trinajstić information content (AvgIpc) is 3.09. The second-order valence-corrected chi connectivity index (χ2v) is 9.12. The Hall–Kier alpha value is -3.73. The topological polar surface area (TPSA) is 141 Å². The van der Waals surface area contributed by atoms with Crippen molar-refractivity contribution in [2.75, 3.05) is 23.0 Å². The van der Waals surface area contributed by atoms with E-state index in [4.69, 9.17) is 11.5 Å². The van der Waals surface area contributed by atoms with Crippen LogP contribution in [-0.2, 0) is 9.84 Å². The van der Waals surface area contributed by atoms with Crippen LogP contribution in [0.2, 0.25) is 0 Å². The molecular formula is C20H20FN7O2S. The van der Waals surface area contributed by atoms with E-state index in [0.717, 1.165) is 6.26 Å². The van der Waals surface area contributed by atoms with E-state index >= 15 is 0 Å². The molecule has 0 unspecified atom stereocenters. The second-order valence-electron chi connectivity index (χ2n) is 7.11. The van der Waals surface area contributed by atoms with Crippen molar-refractivity contribution < 1.29 is 12.8 Å². The Bertz CT molecular complexity index is 1400. The molecule has 1 aromatic carbocycles. The zero-order chi connectivity index (χ0) is 22.3. The van der Waals surface area contributed by atoms with Gasteiger partial charge in [-0.3, -0.25) is 4.40 Å². The molecule has 0 bridgehead atoms. The summed E-state index contributed by atoms with van der Waals surface area (Å²) in [5.74, 6) is 0.0207. The number of sulfone groups is 1. The number of nitrogens with one attached hydrogen (secondary N) is 1. The lowest BCUT2D eigenvalue weighted by atomic mass is 10.1. The molecule has 0 amide bonds. The molecule has 0 radical (unpaired) electrons. The number of benzene rings is 1. The van der Waals surface area contributed by atoms with Gasteiger partial charge in [0.1, 0.15) is 23.5 Å². The van der Waals surface area contributed by atoms with E-state index in [1.54, 1.807) is 22.6 Å². The van der Waals surface area contributed by atoms with Gasteiger partial charge in [-0.15, -0.1) is 0 Å². The van der Waals surface area contributed by atoms with Gasteiger partial charge in [0.15, 0.2) is 21.5 Å². The Balaban J connectivity index is 1.89. The molecule has 1 atom stereocenters. The summed E-state index contributed by atoms with van der Waals surface area (Å²) in [6, 6.07) is 8.85. The lowest BCUT2D eigenvalue weighted by Gasteiger charge is -2.16. The first-order valence-electron chi connectivity index (χ1n) is 9.25. The third-order valence-corrected chi connectivity index (χ3v) is 5.93. The maximum Gasteiger partial charge on any atom is 0.175 e. The van der Waals surface area contributed by atoms with E-state index in [1.165, 1.54) is 30.7 Å². The molecule has 0 aliphatic carbocycles. The summed E-state index contributed by atoms with van der Waals surface area (Å²) >= 11 is 0. The normalized spacial score (nSPS) is 12.7. The molecule has 4 aromatic rings. The number of hydrogen-bond acceptors (Lipinski definition) is 8. The van der Waals surface area contributed by atoms with Crippen LogP contribution < -0.4 is 16.8 Å². The number of halogens is 1. The minimum atomic E-state index is -3.44. The highest BCUT2D eigenvalue weighted by atomic mass is 32.2. The van der Waals surface area contributed by atoms with Gasteiger partial charge in [0.25, 0.3) is 0 Å². The monoisotopic (exact) mass is 441 g/mol. The molecule has 160 valence electrons. The molecule has 11 heteroatoms. The van der Waals surface area contributed by atoms with Crippen LogP contribution in [0.15, 0.2) is 53.8 Å². The summed E-state index contributed by atoms with van der Waals surface area (Å²) in [7, 11) is -3.44. The molecule has 0 aliphatic heterocycles. The van der Waals surface area contributed by atoms with Crippen LogP contribution >= 0.6 is 0 Å². The van der Waals surface area contributed by atoms with Gasteiger partial charge >= 0.3 is 0 Å². The standard InChI is InChI=1S/C20H20FN7O2S/c1-11(26-20-16(22)19(23)24-10-25-20)17-18(28-9-13(21)6-7-15(28)27-17)12-4-3-5-14(8-12)31(2,29)30/h3-11H,22H2,1-2H3,(H3,23,24,25,26)/t11-/m0/s1. The number of rotatable bonds is 5. The highest BCUT2D eigenvalue weighted by Gasteiger charge is 2.22. The summed E-state index contributed by atoms with van der Waals surface area (Å²) in [5.41, 5.74) is 14.1. The van der Waals surface area contributed by atoms with Crippen LogP contribution in [0, 0.1) is 5.82 Å². The van der Waals surface area contributed by atoms with Crippen LogP contribution in [0.25, 0.3) is 16.9 Å². The van der Waals surface area contributed by atoms with Crippen LogP contribution in [0.5, 0.6) is 0 Å². The molecule has 0 spiro atoms. The number of nitrogen functional groups attached to an aromatic ring is 2. The lowest BCUT2D eigenvalue weighted by molar-refractivity contribution is 0.602. The molecule has 4 rings (SSSR count). The van der Waals surface area contributed by atoms with Gasteiger partial charge in [0.2, 0.25) is 0 Å². The minimum absolute atomic E-state index is 0.142. The minimum Gasteiger partial charge on any atom is -0.393 e. The van der Waals surface area contributed by atoms with E-state index < -0.39 is 21.7 Å². The first-order chi connectivity index (χ1) is 14.6. The number of anilines is 3. The first-order valence-corrected chi connectivity index (χ1v) is 11.1. The van der Waals surface area contributed by atoms with Crippen molar-refractivity contribution in [3.8, 4) is 11.3 Å². The quantitative estimate of drug-likeness (QED) is 0.429. The zero-order valence-electron chi connectivity index (χ0n) is 16.7. The summed E-state index contributed by atoms with van der Waals surface area (Å²) in [4.78, 5) is 12.8. The molecule has 3 aromatic heterocycles. The van der Waals surface area contributed by atoms with Crippen LogP contribution in [0.3, 0.4) is 0 Å². The van der Waals surface area contributed by atoms with Crippen LogP contribution in [-0.4, -0.2) is 34.0 Å².